The maximum atomic E-state index is 12.7. The Hall–Kier alpha value is -2.27. The summed E-state index contributed by atoms with van der Waals surface area (Å²) < 4.78 is 0. The fraction of sp³-hybridized carbons (Fsp3) is 0.300. The number of amides is 2. The molecule has 1 aliphatic rings. The van der Waals surface area contributed by atoms with Crippen LogP contribution in [0.2, 0.25) is 0 Å². The molecule has 1 heterocycles. The predicted octanol–water partition coefficient (Wildman–Crippen LogP) is 4.98. The number of thioether (sulfide) groups is 1. The smallest absolute Gasteiger partial charge is 0.295 e. The zero-order valence-corrected chi connectivity index (χ0v) is 15.3. The van der Waals surface area contributed by atoms with E-state index < -0.39 is 5.37 Å². The fourth-order valence-corrected chi connectivity index (χ4v) is 3.73. The first-order valence-electron chi connectivity index (χ1n) is 8.56. The van der Waals surface area contributed by atoms with Crippen LogP contribution in [0.1, 0.15) is 30.9 Å². The molecule has 5 heteroatoms. The van der Waals surface area contributed by atoms with E-state index in [1.54, 1.807) is 6.07 Å². The largest absolute Gasteiger partial charge is 0.365 e. The molecule has 2 aromatic rings. The number of para-hydroxylation sites is 1. The fourth-order valence-electron chi connectivity index (χ4n) is 2.83. The van der Waals surface area contributed by atoms with Gasteiger partial charge in [-0.25, -0.2) is 4.90 Å². The maximum absolute atomic E-state index is 12.7. The minimum Gasteiger partial charge on any atom is -0.365 e. The van der Waals surface area contributed by atoms with Crippen LogP contribution in [0, 0.1) is 6.92 Å². The second-order valence-electron chi connectivity index (χ2n) is 6.17. The summed E-state index contributed by atoms with van der Waals surface area (Å²) in [4.78, 5) is 26.3. The van der Waals surface area contributed by atoms with E-state index in [2.05, 4.69) is 24.4 Å². The number of hydrogen-bond acceptors (Lipinski definition) is 4. The average molecular weight is 354 g/mol. The SMILES string of the molecule is CCCCc1ccc(N[C@H]2SC(=O)N(c3ccccc3C)C2=O)cc1. The van der Waals surface area contributed by atoms with Gasteiger partial charge in [0.25, 0.3) is 11.1 Å². The van der Waals surface area contributed by atoms with Crippen molar-refractivity contribution in [3.05, 3.63) is 59.7 Å². The Morgan fingerprint density at radius 2 is 1.80 bits per heavy atom. The number of carbonyl (C=O) groups excluding carboxylic acids is 2. The summed E-state index contributed by atoms with van der Waals surface area (Å²) >= 11 is 1.02. The third-order valence-corrected chi connectivity index (χ3v) is 5.21. The van der Waals surface area contributed by atoms with Gasteiger partial charge in [0.1, 0.15) is 0 Å². The second kappa shape index (κ2) is 7.74. The van der Waals surface area contributed by atoms with Crippen LogP contribution in [0.4, 0.5) is 16.2 Å². The molecule has 0 aromatic heterocycles. The number of carbonyl (C=O) groups is 2. The Morgan fingerprint density at radius 1 is 1.08 bits per heavy atom. The number of hydrogen-bond donors (Lipinski definition) is 1. The van der Waals surface area contributed by atoms with Crippen molar-refractivity contribution < 1.29 is 9.59 Å². The summed E-state index contributed by atoms with van der Waals surface area (Å²) in [6.45, 7) is 4.08. The molecule has 1 atom stereocenters. The molecule has 2 amide bonds. The van der Waals surface area contributed by atoms with Crippen LogP contribution in [-0.4, -0.2) is 16.5 Å². The summed E-state index contributed by atoms with van der Waals surface area (Å²) in [7, 11) is 0. The van der Waals surface area contributed by atoms with Crippen molar-refractivity contribution in [3.8, 4) is 0 Å². The lowest BCUT2D eigenvalue weighted by Crippen LogP contribution is -2.34. The third-order valence-electron chi connectivity index (χ3n) is 4.27. The molecule has 1 N–H and O–H groups in total. The second-order valence-corrected chi connectivity index (χ2v) is 7.23. The van der Waals surface area contributed by atoms with Gasteiger partial charge in [-0.2, -0.15) is 0 Å². The lowest BCUT2D eigenvalue weighted by Gasteiger charge is -2.17. The Kier molecular flexibility index (Phi) is 5.43. The van der Waals surface area contributed by atoms with Gasteiger partial charge >= 0.3 is 0 Å². The number of aryl methyl sites for hydroxylation is 2. The van der Waals surface area contributed by atoms with E-state index in [0.717, 1.165) is 29.4 Å². The number of nitrogens with one attached hydrogen (secondary N) is 1. The van der Waals surface area contributed by atoms with Crippen molar-refractivity contribution in [2.75, 3.05) is 10.2 Å². The van der Waals surface area contributed by atoms with Crippen LogP contribution in [-0.2, 0) is 11.2 Å². The molecule has 25 heavy (non-hydrogen) atoms. The molecule has 0 bridgehead atoms. The standard InChI is InChI=1S/C20H22N2O2S/c1-3-4-8-15-10-12-16(13-11-15)21-18-19(23)22(20(24)25-18)17-9-6-5-7-14(17)2/h5-7,9-13,18,21H,3-4,8H2,1-2H3/t18-/m0/s1. The van der Waals surface area contributed by atoms with Gasteiger partial charge in [0.05, 0.1) is 5.69 Å². The van der Waals surface area contributed by atoms with Gasteiger partial charge in [-0.1, -0.05) is 43.7 Å². The first-order valence-corrected chi connectivity index (χ1v) is 9.44. The molecule has 4 nitrogen and oxygen atoms in total. The van der Waals surface area contributed by atoms with Crippen LogP contribution >= 0.6 is 11.8 Å². The summed E-state index contributed by atoms with van der Waals surface area (Å²) in [6, 6.07) is 15.5. The van der Waals surface area contributed by atoms with Gasteiger partial charge in [-0.3, -0.25) is 9.59 Å². The number of rotatable bonds is 6. The molecular weight excluding hydrogens is 332 g/mol. The van der Waals surface area contributed by atoms with E-state index in [0.29, 0.717) is 5.69 Å². The molecule has 0 unspecified atom stereocenters. The van der Waals surface area contributed by atoms with Crippen LogP contribution in [0.5, 0.6) is 0 Å². The predicted molar refractivity (Wildman–Crippen MR) is 104 cm³/mol. The molecular formula is C20H22N2O2S. The monoisotopic (exact) mass is 354 g/mol. The van der Waals surface area contributed by atoms with Gasteiger partial charge in [0, 0.05) is 5.69 Å². The molecule has 1 fully saturated rings. The summed E-state index contributed by atoms with van der Waals surface area (Å²) in [5.74, 6) is -0.223. The van der Waals surface area contributed by atoms with Crippen molar-refractivity contribution in [1.29, 1.82) is 0 Å². The van der Waals surface area contributed by atoms with Crippen LogP contribution in [0.15, 0.2) is 48.5 Å². The topological polar surface area (TPSA) is 49.4 Å². The third kappa shape index (κ3) is 3.87. The van der Waals surface area contributed by atoms with Gasteiger partial charge in [-0.15, -0.1) is 0 Å². The van der Waals surface area contributed by atoms with Crippen molar-refractivity contribution in [2.24, 2.45) is 0 Å². The van der Waals surface area contributed by atoms with Crippen LogP contribution in [0.3, 0.4) is 0 Å². The molecule has 1 aliphatic heterocycles. The van der Waals surface area contributed by atoms with Gasteiger partial charge in [0.2, 0.25) is 0 Å². The van der Waals surface area contributed by atoms with E-state index in [1.165, 1.54) is 23.3 Å². The zero-order valence-electron chi connectivity index (χ0n) is 14.5. The van der Waals surface area contributed by atoms with Crippen molar-refractivity contribution >= 4 is 34.3 Å². The zero-order chi connectivity index (χ0) is 17.8. The molecule has 0 spiro atoms. The van der Waals surface area contributed by atoms with Gasteiger partial charge in [-0.05, 0) is 60.9 Å². The molecule has 0 saturated carbocycles. The Labute approximate surface area is 152 Å². The number of anilines is 2. The molecule has 3 rings (SSSR count). The summed E-state index contributed by atoms with van der Waals surface area (Å²) in [5.41, 5.74) is 3.70. The van der Waals surface area contributed by atoms with Crippen LogP contribution < -0.4 is 10.2 Å². The van der Waals surface area contributed by atoms with Crippen molar-refractivity contribution in [1.82, 2.24) is 0 Å². The minimum absolute atomic E-state index is 0.223. The molecule has 0 aliphatic carbocycles. The molecule has 1 saturated heterocycles. The molecule has 0 radical (unpaired) electrons. The van der Waals surface area contributed by atoms with E-state index in [4.69, 9.17) is 0 Å². The number of imide groups is 1. The van der Waals surface area contributed by atoms with Gasteiger partial charge in [0.15, 0.2) is 5.37 Å². The highest BCUT2D eigenvalue weighted by atomic mass is 32.2. The maximum Gasteiger partial charge on any atom is 0.295 e. The average Bonchev–Trinajstić information content (AvgIpc) is 2.89. The van der Waals surface area contributed by atoms with E-state index in [9.17, 15) is 9.59 Å². The number of unbranched alkanes of at least 4 members (excludes halogenated alkanes) is 1. The van der Waals surface area contributed by atoms with Crippen molar-refractivity contribution in [3.63, 3.8) is 0 Å². The summed E-state index contributed by atoms with van der Waals surface area (Å²) in [6.07, 6.45) is 3.40. The Bertz CT molecular complexity index is 774. The highest BCUT2D eigenvalue weighted by molar-refractivity contribution is 8.16. The highest BCUT2D eigenvalue weighted by Gasteiger charge is 2.41. The van der Waals surface area contributed by atoms with E-state index in [-0.39, 0.29) is 11.1 Å². The van der Waals surface area contributed by atoms with Crippen LogP contribution in [0.25, 0.3) is 0 Å². The highest BCUT2D eigenvalue weighted by Crippen LogP contribution is 2.34. The van der Waals surface area contributed by atoms with Crippen molar-refractivity contribution in [2.45, 2.75) is 38.5 Å². The Morgan fingerprint density at radius 3 is 2.48 bits per heavy atom. The Balaban J connectivity index is 1.71. The number of nitrogens with zero attached hydrogens (tertiary/aromatic N) is 1. The first kappa shape index (κ1) is 17.5. The normalized spacial score (nSPS) is 17.2. The van der Waals surface area contributed by atoms with E-state index in [1.807, 2.05) is 37.3 Å². The first-order chi connectivity index (χ1) is 12.1. The summed E-state index contributed by atoms with van der Waals surface area (Å²) in [5, 5.41) is 2.35. The van der Waals surface area contributed by atoms with Gasteiger partial charge < -0.3 is 5.32 Å². The molecule has 130 valence electrons. The minimum atomic E-state index is -0.589. The quantitative estimate of drug-likeness (QED) is 0.795. The molecule has 2 aromatic carbocycles. The number of benzene rings is 2. The lowest BCUT2D eigenvalue weighted by molar-refractivity contribution is -0.116. The van der Waals surface area contributed by atoms with E-state index >= 15 is 0 Å². The lowest BCUT2D eigenvalue weighted by atomic mass is 10.1.